The fraction of sp³-hybridized carbons (Fsp3) is 0.267. The second kappa shape index (κ2) is 5.72. The summed E-state index contributed by atoms with van der Waals surface area (Å²) in [5.41, 5.74) is 2.33. The lowest BCUT2D eigenvalue weighted by molar-refractivity contribution is 0.218. The molecule has 3 nitrogen and oxygen atoms in total. The van der Waals surface area contributed by atoms with Gasteiger partial charge in [-0.2, -0.15) is 0 Å². The van der Waals surface area contributed by atoms with Crippen LogP contribution in [0.5, 0.6) is 5.75 Å². The molecular weight excluding hydrogens is 304 g/mol. The van der Waals surface area contributed by atoms with Gasteiger partial charge in [0, 0.05) is 35.9 Å². The van der Waals surface area contributed by atoms with E-state index in [1.54, 1.807) is 0 Å². The van der Waals surface area contributed by atoms with Gasteiger partial charge in [-0.15, -0.1) is 0 Å². The number of halogens is 1. The van der Waals surface area contributed by atoms with E-state index in [0.717, 1.165) is 42.2 Å². The van der Waals surface area contributed by atoms with E-state index in [-0.39, 0.29) is 0 Å². The molecule has 1 aliphatic rings. The highest BCUT2D eigenvalue weighted by molar-refractivity contribution is 9.10. The van der Waals surface area contributed by atoms with Crippen molar-refractivity contribution in [2.45, 2.75) is 13.1 Å². The molecule has 1 aromatic heterocycles. The van der Waals surface area contributed by atoms with Gasteiger partial charge in [0.2, 0.25) is 0 Å². The molecule has 0 bridgehead atoms. The maximum Gasteiger partial charge on any atom is 0.123 e. The van der Waals surface area contributed by atoms with E-state index in [1.165, 1.54) is 5.56 Å². The zero-order valence-corrected chi connectivity index (χ0v) is 12.1. The van der Waals surface area contributed by atoms with Crippen LogP contribution in [0.2, 0.25) is 0 Å². The minimum absolute atomic E-state index is 0.730. The smallest absolute Gasteiger partial charge is 0.123 e. The summed E-state index contributed by atoms with van der Waals surface area (Å²) in [4.78, 5) is 6.79. The Morgan fingerprint density at radius 1 is 1.21 bits per heavy atom. The highest BCUT2D eigenvalue weighted by atomic mass is 79.9. The summed E-state index contributed by atoms with van der Waals surface area (Å²) in [6.07, 6.45) is 1.84. The highest BCUT2D eigenvalue weighted by Gasteiger charge is 2.15. The zero-order valence-electron chi connectivity index (χ0n) is 10.6. The third-order valence-electron chi connectivity index (χ3n) is 3.21. The second-order valence-corrected chi connectivity index (χ2v) is 5.55. The van der Waals surface area contributed by atoms with Crippen LogP contribution in [0.3, 0.4) is 0 Å². The topological polar surface area (TPSA) is 25.4 Å². The molecule has 2 aromatic rings. The van der Waals surface area contributed by atoms with Crippen LogP contribution < -0.4 is 4.74 Å². The summed E-state index contributed by atoms with van der Waals surface area (Å²) >= 11 is 3.41. The fourth-order valence-corrected chi connectivity index (χ4v) is 2.48. The number of aromatic nitrogens is 1. The van der Waals surface area contributed by atoms with Crippen molar-refractivity contribution in [3.63, 3.8) is 0 Å². The van der Waals surface area contributed by atoms with Crippen LogP contribution in [0.25, 0.3) is 0 Å². The molecule has 0 amide bonds. The van der Waals surface area contributed by atoms with Crippen molar-refractivity contribution in [3.8, 4) is 5.75 Å². The van der Waals surface area contributed by atoms with E-state index < -0.39 is 0 Å². The Labute approximate surface area is 121 Å². The minimum atomic E-state index is 0.730. The molecule has 2 heterocycles. The number of nitrogens with zero attached hydrogens (tertiary/aromatic N) is 2. The summed E-state index contributed by atoms with van der Waals surface area (Å²) < 4.78 is 6.78. The number of rotatable bonds is 2. The molecule has 19 heavy (non-hydrogen) atoms. The van der Waals surface area contributed by atoms with Crippen LogP contribution in [0.1, 0.15) is 11.3 Å². The maximum atomic E-state index is 5.77. The van der Waals surface area contributed by atoms with Gasteiger partial charge in [0.25, 0.3) is 0 Å². The average Bonchev–Trinajstić information content (AvgIpc) is 2.63. The van der Waals surface area contributed by atoms with Crippen molar-refractivity contribution in [1.29, 1.82) is 0 Å². The van der Waals surface area contributed by atoms with Gasteiger partial charge < -0.3 is 4.74 Å². The molecule has 4 heteroatoms. The molecule has 3 rings (SSSR count). The monoisotopic (exact) mass is 318 g/mol. The van der Waals surface area contributed by atoms with Gasteiger partial charge in [-0.25, -0.2) is 0 Å². The molecule has 0 aliphatic carbocycles. The maximum absolute atomic E-state index is 5.77. The molecule has 98 valence electrons. The van der Waals surface area contributed by atoms with Crippen molar-refractivity contribution in [1.82, 2.24) is 9.88 Å². The number of benzene rings is 1. The number of hydrogen-bond acceptors (Lipinski definition) is 3. The summed E-state index contributed by atoms with van der Waals surface area (Å²) in [6.45, 7) is 3.42. The van der Waals surface area contributed by atoms with E-state index in [1.807, 2.05) is 24.4 Å². The van der Waals surface area contributed by atoms with E-state index in [9.17, 15) is 0 Å². The Kier molecular flexibility index (Phi) is 3.80. The first kappa shape index (κ1) is 12.6. The molecule has 0 spiro atoms. The number of pyridine rings is 1. The lowest BCUT2D eigenvalue weighted by atomic mass is 10.2. The summed E-state index contributed by atoms with van der Waals surface area (Å²) in [5, 5.41) is 0. The van der Waals surface area contributed by atoms with Crippen molar-refractivity contribution in [2.75, 3.05) is 13.2 Å². The standard InChI is InChI=1S/C15H15BrN2O/c16-13-5-6-14(17-9-13)11-18-7-8-19-15-4-2-1-3-12(15)10-18/h1-6,9H,7-8,10-11H2. The van der Waals surface area contributed by atoms with Gasteiger partial charge in [-0.05, 0) is 34.1 Å². The second-order valence-electron chi connectivity index (χ2n) is 4.63. The summed E-state index contributed by atoms with van der Waals surface area (Å²) in [7, 11) is 0. The SMILES string of the molecule is Brc1ccc(CN2CCOc3ccccc3C2)nc1. The van der Waals surface area contributed by atoms with Crippen molar-refractivity contribution in [2.24, 2.45) is 0 Å². The quantitative estimate of drug-likeness (QED) is 0.850. The molecule has 0 N–H and O–H groups in total. The van der Waals surface area contributed by atoms with Crippen LogP contribution in [0.4, 0.5) is 0 Å². The molecule has 1 aromatic carbocycles. The van der Waals surface area contributed by atoms with Gasteiger partial charge in [-0.1, -0.05) is 18.2 Å². The van der Waals surface area contributed by atoms with Crippen LogP contribution in [0.15, 0.2) is 47.1 Å². The predicted molar refractivity (Wildman–Crippen MR) is 78.0 cm³/mol. The number of para-hydroxylation sites is 1. The molecule has 0 fully saturated rings. The lowest BCUT2D eigenvalue weighted by Gasteiger charge is -2.18. The van der Waals surface area contributed by atoms with E-state index in [2.05, 4.69) is 44.0 Å². The van der Waals surface area contributed by atoms with E-state index in [0.29, 0.717) is 0 Å². The van der Waals surface area contributed by atoms with Gasteiger partial charge in [0.15, 0.2) is 0 Å². The Bertz CT molecular complexity index is 556. The average molecular weight is 319 g/mol. The van der Waals surface area contributed by atoms with Crippen LogP contribution in [0, 0.1) is 0 Å². The Balaban J connectivity index is 1.74. The fourth-order valence-electron chi connectivity index (χ4n) is 2.24. The molecule has 0 radical (unpaired) electrons. The predicted octanol–water partition coefficient (Wildman–Crippen LogP) is 3.24. The van der Waals surface area contributed by atoms with E-state index >= 15 is 0 Å². The van der Waals surface area contributed by atoms with Crippen LogP contribution >= 0.6 is 15.9 Å². The highest BCUT2D eigenvalue weighted by Crippen LogP contribution is 2.23. The van der Waals surface area contributed by atoms with Gasteiger partial charge in [0.1, 0.15) is 12.4 Å². The summed E-state index contributed by atoms with van der Waals surface area (Å²) in [6, 6.07) is 12.3. The minimum Gasteiger partial charge on any atom is -0.492 e. The van der Waals surface area contributed by atoms with Crippen molar-refractivity contribution >= 4 is 15.9 Å². The van der Waals surface area contributed by atoms with Gasteiger partial charge in [0.05, 0.1) is 5.69 Å². The Morgan fingerprint density at radius 3 is 2.95 bits per heavy atom. The first-order chi connectivity index (χ1) is 9.31. The van der Waals surface area contributed by atoms with Crippen molar-refractivity contribution < 1.29 is 4.74 Å². The largest absolute Gasteiger partial charge is 0.492 e. The lowest BCUT2D eigenvalue weighted by Crippen LogP contribution is -2.25. The Hall–Kier alpha value is -1.39. The Morgan fingerprint density at radius 2 is 2.11 bits per heavy atom. The number of fused-ring (bicyclic) bond motifs is 1. The first-order valence-corrected chi connectivity index (χ1v) is 7.14. The third-order valence-corrected chi connectivity index (χ3v) is 3.67. The molecular formula is C15H15BrN2O. The van der Waals surface area contributed by atoms with Gasteiger partial charge >= 0.3 is 0 Å². The number of ether oxygens (including phenoxy) is 1. The normalized spacial score (nSPS) is 15.4. The molecule has 1 aliphatic heterocycles. The first-order valence-electron chi connectivity index (χ1n) is 6.35. The molecule has 0 unspecified atom stereocenters. The number of hydrogen-bond donors (Lipinski definition) is 0. The molecule has 0 atom stereocenters. The zero-order chi connectivity index (χ0) is 13.1. The van der Waals surface area contributed by atoms with Gasteiger partial charge in [-0.3, -0.25) is 9.88 Å². The molecule has 0 saturated carbocycles. The van der Waals surface area contributed by atoms with Crippen LogP contribution in [-0.4, -0.2) is 23.0 Å². The summed E-state index contributed by atoms with van der Waals surface area (Å²) in [5.74, 6) is 1.01. The molecule has 0 saturated heterocycles. The van der Waals surface area contributed by atoms with Crippen LogP contribution in [-0.2, 0) is 13.1 Å². The van der Waals surface area contributed by atoms with Crippen molar-refractivity contribution in [3.05, 3.63) is 58.3 Å². The third kappa shape index (κ3) is 3.14. The van der Waals surface area contributed by atoms with E-state index in [4.69, 9.17) is 4.74 Å².